The van der Waals surface area contributed by atoms with Crippen molar-refractivity contribution in [2.75, 3.05) is 19.4 Å². The van der Waals surface area contributed by atoms with Crippen LogP contribution in [0.3, 0.4) is 0 Å². The fraction of sp³-hybridized carbons (Fsp3) is 0.391. The van der Waals surface area contributed by atoms with E-state index in [2.05, 4.69) is 23.3 Å². The number of anilines is 1. The number of benzene rings is 2. The van der Waals surface area contributed by atoms with Crippen molar-refractivity contribution in [3.05, 3.63) is 54.1 Å². The van der Waals surface area contributed by atoms with E-state index < -0.39 is 0 Å². The lowest BCUT2D eigenvalue weighted by Gasteiger charge is -2.40. The predicted molar refractivity (Wildman–Crippen MR) is 112 cm³/mol. The van der Waals surface area contributed by atoms with E-state index >= 15 is 0 Å². The maximum Gasteiger partial charge on any atom is 0.321 e. The van der Waals surface area contributed by atoms with E-state index in [0.717, 1.165) is 18.5 Å². The van der Waals surface area contributed by atoms with Gasteiger partial charge in [-0.15, -0.1) is 0 Å². The van der Waals surface area contributed by atoms with Crippen LogP contribution in [0.2, 0.25) is 0 Å². The molecular weight excluding hydrogens is 364 g/mol. The van der Waals surface area contributed by atoms with Gasteiger partial charge in [-0.3, -0.25) is 0 Å². The van der Waals surface area contributed by atoms with Gasteiger partial charge in [-0.2, -0.15) is 5.26 Å². The second kappa shape index (κ2) is 8.14. The molecule has 0 spiro atoms. The summed E-state index contributed by atoms with van der Waals surface area (Å²) < 4.78 is 5.79. The molecule has 150 valence electrons. The number of para-hydroxylation sites is 1. The molecule has 2 aromatic carbocycles. The van der Waals surface area contributed by atoms with E-state index in [1.54, 1.807) is 30.3 Å². The quantitative estimate of drug-likeness (QED) is 0.838. The number of nitrogens with zero attached hydrogens (tertiary/aromatic N) is 3. The Morgan fingerprint density at radius 2 is 1.79 bits per heavy atom. The number of hydrogen-bond donors (Lipinski definition) is 1. The van der Waals surface area contributed by atoms with Crippen LogP contribution in [0.1, 0.15) is 31.2 Å². The van der Waals surface area contributed by atoms with E-state index in [1.165, 1.54) is 12.8 Å². The summed E-state index contributed by atoms with van der Waals surface area (Å²) in [6.07, 6.45) is 4.57. The summed E-state index contributed by atoms with van der Waals surface area (Å²) in [4.78, 5) is 17.1. The Labute approximate surface area is 171 Å². The number of hydrogen-bond acceptors (Lipinski definition) is 4. The lowest BCUT2D eigenvalue weighted by Crippen LogP contribution is -2.50. The number of nitrogens with one attached hydrogen (secondary N) is 1. The number of amides is 2. The zero-order valence-electron chi connectivity index (χ0n) is 16.8. The molecule has 6 nitrogen and oxygen atoms in total. The molecule has 0 aromatic heterocycles. The first-order valence-corrected chi connectivity index (χ1v) is 10.1. The van der Waals surface area contributed by atoms with Gasteiger partial charge in [0.1, 0.15) is 17.6 Å². The zero-order valence-corrected chi connectivity index (χ0v) is 16.8. The third-order valence-corrected chi connectivity index (χ3v) is 6.28. The molecule has 2 saturated heterocycles. The molecule has 29 heavy (non-hydrogen) atoms. The lowest BCUT2D eigenvalue weighted by molar-refractivity contribution is 0.106. The fourth-order valence-corrected chi connectivity index (χ4v) is 4.46. The van der Waals surface area contributed by atoms with Gasteiger partial charge in [-0.05, 0) is 69.1 Å². The van der Waals surface area contributed by atoms with Crippen LogP contribution < -0.4 is 10.1 Å². The minimum absolute atomic E-state index is 0.0811. The first kappa shape index (κ1) is 19.3. The van der Waals surface area contributed by atoms with Gasteiger partial charge in [-0.1, -0.05) is 12.1 Å². The average molecular weight is 390 g/mol. The number of piperidine rings is 1. The molecule has 2 aromatic rings. The number of rotatable bonds is 4. The Balaban J connectivity index is 1.36. The summed E-state index contributed by atoms with van der Waals surface area (Å²) in [6.45, 7) is 0. The monoisotopic (exact) mass is 390 g/mol. The molecule has 2 unspecified atom stereocenters. The summed E-state index contributed by atoms with van der Waals surface area (Å²) in [6, 6.07) is 17.8. The maximum atomic E-state index is 12.7. The first-order valence-electron chi connectivity index (χ1n) is 10.1. The Morgan fingerprint density at radius 3 is 2.45 bits per heavy atom. The highest BCUT2D eigenvalue weighted by Gasteiger charge is 2.40. The third kappa shape index (κ3) is 4.06. The van der Waals surface area contributed by atoms with Crippen LogP contribution in [-0.4, -0.2) is 48.1 Å². The normalized spacial score (nSPS) is 23.3. The van der Waals surface area contributed by atoms with Crippen molar-refractivity contribution < 1.29 is 9.53 Å². The summed E-state index contributed by atoms with van der Waals surface area (Å²) in [5.74, 6) is 1.13. The van der Waals surface area contributed by atoms with Crippen LogP contribution in [0, 0.1) is 11.3 Å². The SMILES string of the molecule is CN(C(=O)Nc1ccc(Oc2ccccc2C#N)cc1)C1CC2CCC(C1)N2C. The molecule has 2 atom stereocenters. The molecule has 6 heteroatoms. The van der Waals surface area contributed by atoms with Crippen molar-refractivity contribution in [3.8, 4) is 17.6 Å². The van der Waals surface area contributed by atoms with E-state index in [0.29, 0.717) is 29.1 Å². The molecule has 0 radical (unpaired) electrons. The van der Waals surface area contributed by atoms with Gasteiger partial charge >= 0.3 is 6.03 Å². The Bertz CT molecular complexity index is 907. The van der Waals surface area contributed by atoms with E-state index in [9.17, 15) is 4.79 Å². The topological polar surface area (TPSA) is 68.6 Å². The maximum absolute atomic E-state index is 12.7. The largest absolute Gasteiger partial charge is 0.456 e. The third-order valence-electron chi connectivity index (χ3n) is 6.28. The van der Waals surface area contributed by atoms with Crippen LogP contribution in [0.4, 0.5) is 10.5 Å². The van der Waals surface area contributed by atoms with Gasteiger partial charge in [-0.25, -0.2) is 4.79 Å². The standard InChI is InChI=1S/C23H26N4O2/c1-26-18-9-10-19(26)14-20(13-18)27(2)23(28)25-17-7-11-21(12-8-17)29-22-6-4-3-5-16(22)15-24/h3-8,11-12,18-20H,9-10,13-14H2,1-2H3,(H,25,28). The molecule has 1 N–H and O–H groups in total. The molecular formula is C23H26N4O2. The molecule has 2 bridgehead atoms. The van der Waals surface area contributed by atoms with E-state index in [-0.39, 0.29) is 12.1 Å². The van der Waals surface area contributed by atoms with Gasteiger partial charge in [0.2, 0.25) is 0 Å². The fourth-order valence-electron chi connectivity index (χ4n) is 4.46. The molecule has 0 saturated carbocycles. The molecule has 4 rings (SSSR count). The van der Waals surface area contributed by atoms with Crippen molar-refractivity contribution in [2.45, 2.75) is 43.8 Å². The highest BCUT2D eigenvalue weighted by molar-refractivity contribution is 5.89. The molecule has 2 amide bonds. The van der Waals surface area contributed by atoms with Crippen molar-refractivity contribution in [1.29, 1.82) is 5.26 Å². The van der Waals surface area contributed by atoms with E-state index in [4.69, 9.17) is 10.00 Å². The first-order chi connectivity index (χ1) is 14.0. The van der Waals surface area contributed by atoms with Gasteiger partial charge in [0.05, 0.1) is 5.56 Å². The minimum atomic E-state index is -0.0811. The van der Waals surface area contributed by atoms with Crippen molar-refractivity contribution in [2.24, 2.45) is 0 Å². The molecule has 0 aliphatic carbocycles. The summed E-state index contributed by atoms with van der Waals surface area (Å²) in [5, 5.41) is 12.1. The Morgan fingerprint density at radius 1 is 1.14 bits per heavy atom. The number of nitriles is 1. The van der Waals surface area contributed by atoms with Crippen LogP contribution in [0.15, 0.2) is 48.5 Å². The summed E-state index contributed by atoms with van der Waals surface area (Å²) >= 11 is 0. The van der Waals surface area contributed by atoms with Gasteiger partial charge in [0.25, 0.3) is 0 Å². The average Bonchev–Trinajstić information content (AvgIpc) is 2.94. The van der Waals surface area contributed by atoms with Crippen LogP contribution >= 0.6 is 0 Å². The van der Waals surface area contributed by atoms with Crippen molar-refractivity contribution in [3.63, 3.8) is 0 Å². The van der Waals surface area contributed by atoms with Crippen molar-refractivity contribution in [1.82, 2.24) is 9.80 Å². The highest BCUT2D eigenvalue weighted by Crippen LogP contribution is 2.36. The number of carbonyl (C=O) groups is 1. The van der Waals surface area contributed by atoms with Gasteiger partial charge in [0.15, 0.2) is 0 Å². The van der Waals surface area contributed by atoms with E-state index in [1.807, 2.05) is 30.1 Å². The van der Waals surface area contributed by atoms with Crippen molar-refractivity contribution >= 4 is 11.7 Å². The van der Waals surface area contributed by atoms with Gasteiger partial charge < -0.3 is 19.9 Å². The minimum Gasteiger partial charge on any atom is -0.456 e. The predicted octanol–water partition coefficient (Wildman–Crippen LogP) is 4.44. The molecule has 2 heterocycles. The summed E-state index contributed by atoms with van der Waals surface area (Å²) in [7, 11) is 4.10. The van der Waals surface area contributed by atoms with Gasteiger partial charge in [0, 0.05) is 30.9 Å². The number of urea groups is 1. The smallest absolute Gasteiger partial charge is 0.321 e. The highest BCUT2D eigenvalue weighted by atomic mass is 16.5. The van der Waals surface area contributed by atoms with Crippen LogP contribution in [0.25, 0.3) is 0 Å². The molecule has 2 aliphatic rings. The van der Waals surface area contributed by atoms with Crippen LogP contribution in [0.5, 0.6) is 11.5 Å². The zero-order chi connectivity index (χ0) is 20.4. The number of ether oxygens (including phenoxy) is 1. The number of fused-ring (bicyclic) bond motifs is 2. The Kier molecular flexibility index (Phi) is 5.41. The summed E-state index contributed by atoms with van der Waals surface area (Å²) in [5.41, 5.74) is 1.21. The molecule has 2 fully saturated rings. The number of carbonyl (C=O) groups excluding carboxylic acids is 1. The molecule has 2 aliphatic heterocycles. The van der Waals surface area contributed by atoms with Crippen LogP contribution in [-0.2, 0) is 0 Å². The second-order valence-electron chi connectivity index (χ2n) is 7.95. The second-order valence-corrected chi connectivity index (χ2v) is 7.95. The lowest BCUT2D eigenvalue weighted by atomic mass is 9.97. The Hall–Kier alpha value is -3.04.